The van der Waals surface area contributed by atoms with E-state index in [1.54, 1.807) is 0 Å². The molecule has 0 atom stereocenters. The van der Waals surface area contributed by atoms with Gasteiger partial charge in [0.05, 0.1) is 0 Å². The van der Waals surface area contributed by atoms with Crippen LogP contribution in [0.15, 0.2) is 18.2 Å². The zero-order valence-corrected chi connectivity index (χ0v) is 12.9. The minimum atomic E-state index is 0.259. The van der Waals surface area contributed by atoms with Crippen molar-refractivity contribution in [1.29, 1.82) is 0 Å². The van der Waals surface area contributed by atoms with E-state index in [9.17, 15) is 4.79 Å². The van der Waals surface area contributed by atoms with Gasteiger partial charge in [-0.25, -0.2) is 0 Å². The lowest BCUT2D eigenvalue weighted by molar-refractivity contribution is 0.0981. The molecule has 1 aromatic rings. The Balaban J connectivity index is 1.78. The molecule has 1 aliphatic rings. The first-order valence-electron chi connectivity index (χ1n) is 8.00. The minimum Gasteiger partial charge on any atom is -0.314 e. The van der Waals surface area contributed by atoms with Crippen molar-refractivity contribution in [2.75, 3.05) is 6.54 Å². The lowest BCUT2D eigenvalue weighted by Crippen LogP contribution is -2.30. The van der Waals surface area contributed by atoms with Crippen LogP contribution in [-0.4, -0.2) is 18.4 Å². The summed E-state index contributed by atoms with van der Waals surface area (Å²) in [6.07, 6.45) is 8.58. The summed E-state index contributed by atoms with van der Waals surface area (Å²) in [5.74, 6) is 0.259. The molecule has 2 rings (SSSR count). The number of aryl methyl sites for hydroxylation is 2. The maximum atomic E-state index is 12.2. The monoisotopic (exact) mass is 273 g/mol. The Bertz CT molecular complexity index is 445. The van der Waals surface area contributed by atoms with Gasteiger partial charge in [0.1, 0.15) is 0 Å². The van der Waals surface area contributed by atoms with Gasteiger partial charge in [-0.15, -0.1) is 0 Å². The smallest absolute Gasteiger partial charge is 0.164 e. The van der Waals surface area contributed by atoms with Gasteiger partial charge in [0.2, 0.25) is 0 Å². The van der Waals surface area contributed by atoms with Crippen LogP contribution in [0, 0.1) is 13.8 Å². The van der Waals surface area contributed by atoms with Gasteiger partial charge >= 0.3 is 0 Å². The highest BCUT2D eigenvalue weighted by Gasteiger charge is 2.12. The Morgan fingerprint density at radius 1 is 1.10 bits per heavy atom. The van der Waals surface area contributed by atoms with Gasteiger partial charge in [-0.2, -0.15) is 0 Å². The molecule has 0 unspecified atom stereocenters. The summed E-state index contributed by atoms with van der Waals surface area (Å²) in [7, 11) is 0. The van der Waals surface area contributed by atoms with Crippen LogP contribution >= 0.6 is 0 Å². The molecule has 0 aromatic heterocycles. The average molecular weight is 273 g/mol. The molecule has 1 N–H and O–H groups in total. The van der Waals surface area contributed by atoms with Gasteiger partial charge in [0.15, 0.2) is 5.78 Å². The fourth-order valence-electron chi connectivity index (χ4n) is 2.93. The average Bonchev–Trinajstić information content (AvgIpc) is 2.70. The first-order valence-corrected chi connectivity index (χ1v) is 8.00. The molecule has 20 heavy (non-hydrogen) atoms. The van der Waals surface area contributed by atoms with Crippen LogP contribution in [0.5, 0.6) is 0 Å². The van der Waals surface area contributed by atoms with Gasteiger partial charge in [0, 0.05) is 24.6 Å². The van der Waals surface area contributed by atoms with E-state index in [1.165, 1.54) is 49.7 Å². The highest BCUT2D eigenvalue weighted by molar-refractivity contribution is 5.96. The van der Waals surface area contributed by atoms with E-state index in [4.69, 9.17) is 0 Å². The van der Waals surface area contributed by atoms with Gasteiger partial charge in [0.25, 0.3) is 0 Å². The molecular weight excluding hydrogens is 246 g/mol. The summed E-state index contributed by atoms with van der Waals surface area (Å²) >= 11 is 0. The van der Waals surface area contributed by atoms with Crippen molar-refractivity contribution in [1.82, 2.24) is 5.32 Å². The molecule has 1 aromatic carbocycles. The quantitative estimate of drug-likeness (QED) is 0.644. The summed E-state index contributed by atoms with van der Waals surface area (Å²) in [4.78, 5) is 12.2. The molecule has 2 heteroatoms. The number of hydrogen-bond acceptors (Lipinski definition) is 2. The van der Waals surface area contributed by atoms with E-state index in [0.717, 1.165) is 12.1 Å². The molecule has 1 aliphatic carbocycles. The van der Waals surface area contributed by atoms with Crippen LogP contribution in [0.4, 0.5) is 0 Å². The molecule has 0 spiro atoms. The Morgan fingerprint density at radius 2 is 1.80 bits per heavy atom. The Kier molecular flexibility index (Phi) is 5.78. The molecule has 0 amide bonds. The number of benzene rings is 1. The molecule has 0 radical (unpaired) electrons. The molecule has 0 bridgehead atoms. The van der Waals surface area contributed by atoms with Crippen LogP contribution < -0.4 is 5.32 Å². The summed E-state index contributed by atoms with van der Waals surface area (Å²) in [6, 6.07) is 6.64. The molecule has 110 valence electrons. The second-order valence-corrected chi connectivity index (χ2v) is 6.11. The molecule has 0 aliphatic heterocycles. The highest BCUT2D eigenvalue weighted by Crippen LogP contribution is 2.17. The molecule has 2 nitrogen and oxygen atoms in total. The van der Waals surface area contributed by atoms with Gasteiger partial charge in [-0.1, -0.05) is 37.8 Å². The third-order valence-electron chi connectivity index (χ3n) is 4.47. The predicted octanol–water partition coefficient (Wildman–Crippen LogP) is 4.19. The Hall–Kier alpha value is -1.15. The third-order valence-corrected chi connectivity index (χ3v) is 4.47. The fourth-order valence-corrected chi connectivity index (χ4v) is 2.93. The van der Waals surface area contributed by atoms with Crippen LogP contribution in [0.1, 0.15) is 66.4 Å². The minimum absolute atomic E-state index is 0.259. The normalized spacial score (nSPS) is 16.9. The zero-order valence-electron chi connectivity index (χ0n) is 12.9. The Morgan fingerprint density at radius 3 is 2.45 bits per heavy atom. The van der Waals surface area contributed by atoms with Crippen molar-refractivity contribution in [2.24, 2.45) is 0 Å². The topological polar surface area (TPSA) is 29.1 Å². The van der Waals surface area contributed by atoms with Gasteiger partial charge < -0.3 is 5.32 Å². The molecular formula is C18H27NO. The Labute approximate surface area is 123 Å². The maximum Gasteiger partial charge on any atom is 0.164 e. The van der Waals surface area contributed by atoms with Crippen molar-refractivity contribution in [3.63, 3.8) is 0 Å². The maximum absolute atomic E-state index is 12.2. The predicted molar refractivity (Wildman–Crippen MR) is 84.4 cm³/mol. The first kappa shape index (κ1) is 15.2. The summed E-state index contributed by atoms with van der Waals surface area (Å²) in [6.45, 7) is 4.96. The molecule has 0 heterocycles. The standard InChI is InChI=1S/C18H27NO/c1-14-9-10-16(13-15(14)2)18(20)11-12-19-17-7-5-3-4-6-8-17/h9-10,13,17,19H,3-8,11-12H2,1-2H3. The van der Waals surface area contributed by atoms with Crippen molar-refractivity contribution < 1.29 is 4.79 Å². The number of carbonyl (C=O) groups excluding carboxylic acids is 1. The highest BCUT2D eigenvalue weighted by atomic mass is 16.1. The lowest BCUT2D eigenvalue weighted by Gasteiger charge is -2.15. The van der Waals surface area contributed by atoms with E-state index in [2.05, 4.69) is 19.2 Å². The zero-order chi connectivity index (χ0) is 14.4. The van der Waals surface area contributed by atoms with Crippen molar-refractivity contribution in [2.45, 2.75) is 64.8 Å². The van der Waals surface area contributed by atoms with Crippen molar-refractivity contribution >= 4 is 5.78 Å². The van der Waals surface area contributed by atoms with Gasteiger partial charge in [-0.3, -0.25) is 4.79 Å². The fraction of sp³-hybridized carbons (Fsp3) is 0.611. The van der Waals surface area contributed by atoms with E-state index >= 15 is 0 Å². The number of rotatable bonds is 5. The number of ketones is 1. The molecule has 1 fully saturated rings. The largest absolute Gasteiger partial charge is 0.314 e. The van der Waals surface area contributed by atoms with Crippen molar-refractivity contribution in [3.8, 4) is 0 Å². The summed E-state index contributed by atoms with van der Waals surface area (Å²) in [5.41, 5.74) is 3.31. The second-order valence-electron chi connectivity index (χ2n) is 6.11. The number of carbonyl (C=O) groups is 1. The van der Waals surface area contributed by atoms with Crippen LogP contribution in [-0.2, 0) is 0 Å². The summed E-state index contributed by atoms with van der Waals surface area (Å²) in [5, 5.41) is 3.57. The van der Waals surface area contributed by atoms with Gasteiger partial charge in [-0.05, 0) is 43.9 Å². The number of nitrogens with one attached hydrogen (secondary N) is 1. The van der Waals surface area contributed by atoms with Crippen LogP contribution in [0.2, 0.25) is 0 Å². The van der Waals surface area contributed by atoms with E-state index in [-0.39, 0.29) is 5.78 Å². The van der Waals surface area contributed by atoms with Crippen molar-refractivity contribution in [3.05, 3.63) is 34.9 Å². The van der Waals surface area contributed by atoms with Crippen LogP contribution in [0.3, 0.4) is 0 Å². The molecule has 1 saturated carbocycles. The van der Waals surface area contributed by atoms with E-state index < -0.39 is 0 Å². The third kappa shape index (κ3) is 4.45. The summed E-state index contributed by atoms with van der Waals surface area (Å²) < 4.78 is 0. The van der Waals surface area contributed by atoms with E-state index in [1.807, 2.05) is 18.2 Å². The molecule has 0 saturated heterocycles. The van der Waals surface area contributed by atoms with Crippen LogP contribution in [0.25, 0.3) is 0 Å². The lowest BCUT2D eigenvalue weighted by atomic mass is 10.0. The number of Topliss-reactive ketones (excluding diaryl/α,β-unsaturated/α-hetero) is 1. The first-order chi connectivity index (χ1) is 9.66. The number of hydrogen-bond donors (Lipinski definition) is 1. The SMILES string of the molecule is Cc1ccc(C(=O)CCNC2CCCCCC2)cc1C. The second kappa shape index (κ2) is 7.58. The van der Waals surface area contributed by atoms with E-state index in [0.29, 0.717) is 12.5 Å².